The lowest BCUT2D eigenvalue weighted by Crippen LogP contribution is -2.45. The molecule has 0 aliphatic rings. The van der Waals surface area contributed by atoms with Crippen LogP contribution in [-0.4, -0.2) is 44.4 Å². The maximum absolute atomic E-state index is 13.5. The lowest BCUT2D eigenvalue weighted by Gasteiger charge is -2.15. The fraction of sp³-hybridized carbons (Fsp3) is 0.353. The van der Waals surface area contributed by atoms with E-state index in [2.05, 4.69) is 10.2 Å². The highest BCUT2D eigenvalue weighted by molar-refractivity contribution is 7.93. The Balaban J connectivity index is 2.12. The Kier molecular flexibility index (Phi) is 6.20. The van der Waals surface area contributed by atoms with Crippen molar-refractivity contribution in [3.8, 4) is 5.69 Å². The minimum absolute atomic E-state index is 0.00288. The van der Waals surface area contributed by atoms with Gasteiger partial charge in [-0.3, -0.25) is 14.2 Å². The van der Waals surface area contributed by atoms with Crippen molar-refractivity contribution in [3.05, 3.63) is 51.2 Å². The average molecular weight is 474 g/mol. The molecule has 0 aliphatic heterocycles. The molecule has 1 aromatic carbocycles. The summed E-state index contributed by atoms with van der Waals surface area (Å²) in [5.41, 5.74) is -4.70. The van der Waals surface area contributed by atoms with E-state index in [4.69, 9.17) is 0 Å². The lowest BCUT2D eigenvalue weighted by atomic mass is 10.1. The number of nitrogens with zero attached hydrogens (tertiary/aromatic N) is 4. The van der Waals surface area contributed by atoms with E-state index < -0.39 is 61.1 Å². The van der Waals surface area contributed by atoms with Gasteiger partial charge in [-0.25, -0.2) is 18.0 Å². The summed E-state index contributed by atoms with van der Waals surface area (Å²) >= 11 is 0. The first kappa shape index (κ1) is 23.2. The normalized spacial score (nSPS) is 12.2. The van der Waals surface area contributed by atoms with Crippen LogP contribution in [0.1, 0.15) is 31.7 Å². The largest absolute Gasteiger partial charge is 0.418 e. The van der Waals surface area contributed by atoms with E-state index in [0.717, 1.165) is 23.3 Å². The van der Waals surface area contributed by atoms with Crippen LogP contribution in [0.4, 0.5) is 13.2 Å². The zero-order chi connectivity index (χ0) is 23.7. The van der Waals surface area contributed by atoms with Crippen molar-refractivity contribution in [1.82, 2.24) is 24.4 Å². The van der Waals surface area contributed by atoms with E-state index in [9.17, 15) is 36.0 Å². The summed E-state index contributed by atoms with van der Waals surface area (Å²) in [7, 11) is -4.42. The number of nitrogens with one attached hydrogen (secondary N) is 2. The van der Waals surface area contributed by atoms with Gasteiger partial charge < -0.3 is 4.98 Å². The molecular formula is C17H17F3N6O5S. The van der Waals surface area contributed by atoms with E-state index in [0.29, 0.717) is 18.9 Å². The summed E-state index contributed by atoms with van der Waals surface area (Å²) < 4.78 is 66.1. The molecule has 0 bridgehead atoms. The van der Waals surface area contributed by atoms with Crippen LogP contribution in [0.25, 0.3) is 16.6 Å². The summed E-state index contributed by atoms with van der Waals surface area (Å²) in [5, 5.41) is 6.45. The van der Waals surface area contributed by atoms with Crippen LogP contribution in [0, 0.1) is 0 Å². The topological polar surface area (TPSA) is 149 Å². The molecule has 0 saturated heterocycles. The molecule has 0 radical (unpaired) electrons. The van der Waals surface area contributed by atoms with Crippen LogP contribution in [-0.2, 0) is 21.0 Å². The number of rotatable bonds is 8. The minimum atomic E-state index is -4.85. The number of Topliss-reactive ketones (excluding diaryl/α,β-unsaturated/α-hetero) is 1. The predicted molar refractivity (Wildman–Crippen MR) is 106 cm³/mol. The number of fused-ring (bicyclic) bond motifs is 1. The Morgan fingerprint density at radius 3 is 2.44 bits per heavy atom. The molecule has 3 rings (SSSR count). The van der Waals surface area contributed by atoms with E-state index in [-0.39, 0.29) is 11.1 Å². The summed E-state index contributed by atoms with van der Waals surface area (Å²) in [6.07, 6.45) is -1.75. The molecule has 0 unspecified atom stereocenters. The Labute approximate surface area is 177 Å². The number of halogens is 3. The number of H-pyrrole nitrogens is 1. The van der Waals surface area contributed by atoms with Crippen molar-refractivity contribution in [2.75, 3.05) is 10.6 Å². The zero-order valence-corrected chi connectivity index (χ0v) is 17.3. The molecule has 2 N–H and O–H groups in total. The van der Waals surface area contributed by atoms with Crippen LogP contribution in [0.3, 0.4) is 0 Å². The molecule has 0 saturated carbocycles. The third kappa shape index (κ3) is 4.87. The van der Waals surface area contributed by atoms with Gasteiger partial charge in [0.15, 0.2) is 0 Å². The van der Waals surface area contributed by atoms with Gasteiger partial charge in [0.2, 0.25) is 0 Å². The fourth-order valence-corrected chi connectivity index (χ4v) is 4.01. The number of aromatic nitrogens is 5. The number of carbonyl (C=O) groups excluding carboxylic acids is 1. The van der Waals surface area contributed by atoms with Crippen LogP contribution in [0.15, 0.2) is 34.4 Å². The van der Waals surface area contributed by atoms with Crippen molar-refractivity contribution >= 4 is 26.7 Å². The Morgan fingerprint density at radius 2 is 1.84 bits per heavy atom. The van der Waals surface area contributed by atoms with E-state index >= 15 is 0 Å². The van der Waals surface area contributed by atoms with Gasteiger partial charge in [0.05, 0.1) is 22.2 Å². The van der Waals surface area contributed by atoms with Crippen LogP contribution in [0.5, 0.6) is 0 Å². The molecule has 0 atom stereocenters. The van der Waals surface area contributed by atoms with Gasteiger partial charge >= 0.3 is 11.9 Å². The average Bonchev–Trinajstić information content (AvgIpc) is 3.22. The quantitative estimate of drug-likeness (QED) is 0.493. The summed E-state index contributed by atoms with van der Waals surface area (Å²) in [6, 6.07) is 1.39. The van der Waals surface area contributed by atoms with Gasteiger partial charge in [-0.15, -0.1) is 10.2 Å². The second-order valence-electron chi connectivity index (χ2n) is 6.85. The van der Waals surface area contributed by atoms with Crippen molar-refractivity contribution in [2.24, 2.45) is 0 Å². The standard InChI is InChI=1S/C17H17F3N6O5S/c1-2-3-4-10(27)7-32(30,31)24-26-15(28)11-5-14(25-8-21-22-9-25)12(17(18,19)20)6-13(11)23-16(26)29/h5-6,8-9,24H,2-4,7H2,1H3,(H,23,29). The minimum Gasteiger partial charge on any atom is -0.305 e. The molecule has 15 heteroatoms. The number of aromatic amines is 1. The molecule has 0 amide bonds. The second kappa shape index (κ2) is 8.57. The van der Waals surface area contributed by atoms with Gasteiger partial charge in [0.25, 0.3) is 15.6 Å². The van der Waals surface area contributed by atoms with Gasteiger partial charge in [-0.2, -0.15) is 17.8 Å². The predicted octanol–water partition coefficient (Wildman–Crippen LogP) is 0.922. The second-order valence-corrected chi connectivity index (χ2v) is 8.55. The maximum Gasteiger partial charge on any atom is 0.418 e. The lowest BCUT2D eigenvalue weighted by molar-refractivity contribution is -0.137. The summed E-state index contributed by atoms with van der Waals surface area (Å²) in [5.74, 6) is -1.58. The zero-order valence-electron chi connectivity index (χ0n) is 16.5. The smallest absolute Gasteiger partial charge is 0.305 e. The summed E-state index contributed by atoms with van der Waals surface area (Å²) in [4.78, 5) is 40.6. The summed E-state index contributed by atoms with van der Waals surface area (Å²) in [6.45, 7) is 1.81. The van der Waals surface area contributed by atoms with Gasteiger partial charge in [-0.05, 0) is 18.6 Å². The van der Waals surface area contributed by atoms with E-state index in [1.807, 2.05) is 11.9 Å². The fourth-order valence-electron chi connectivity index (χ4n) is 2.93. The number of benzene rings is 1. The van der Waals surface area contributed by atoms with Crippen molar-refractivity contribution in [2.45, 2.75) is 32.4 Å². The van der Waals surface area contributed by atoms with Gasteiger partial charge in [0, 0.05) is 6.42 Å². The molecule has 172 valence electrons. The number of unbranched alkanes of at least 4 members (excludes halogenated alkanes) is 1. The Bertz CT molecular complexity index is 1380. The molecule has 32 heavy (non-hydrogen) atoms. The van der Waals surface area contributed by atoms with Gasteiger partial charge in [-0.1, -0.05) is 13.3 Å². The van der Waals surface area contributed by atoms with Crippen molar-refractivity contribution in [3.63, 3.8) is 0 Å². The molecule has 0 fully saturated rings. The van der Waals surface area contributed by atoms with E-state index in [1.54, 1.807) is 4.83 Å². The van der Waals surface area contributed by atoms with Crippen LogP contribution in [0.2, 0.25) is 0 Å². The Morgan fingerprint density at radius 1 is 1.19 bits per heavy atom. The third-order valence-corrected chi connectivity index (χ3v) is 5.57. The first-order valence-corrected chi connectivity index (χ1v) is 10.9. The maximum atomic E-state index is 13.5. The molecule has 11 nitrogen and oxygen atoms in total. The molecular weight excluding hydrogens is 457 g/mol. The van der Waals surface area contributed by atoms with Crippen molar-refractivity contribution < 1.29 is 26.4 Å². The molecule has 0 aliphatic carbocycles. The van der Waals surface area contributed by atoms with E-state index in [1.165, 1.54) is 0 Å². The van der Waals surface area contributed by atoms with Crippen LogP contribution < -0.4 is 16.1 Å². The molecule has 0 spiro atoms. The number of ketones is 1. The first-order chi connectivity index (χ1) is 14.9. The van der Waals surface area contributed by atoms with Crippen LogP contribution >= 0.6 is 0 Å². The molecule has 2 heterocycles. The first-order valence-electron chi connectivity index (χ1n) is 9.20. The number of alkyl halides is 3. The van der Waals surface area contributed by atoms with Crippen molar-refractivity contribution in [1.29, 1.82) is 0 Å². The highest BCUT2D eigenvalue weighted by Crippen LogP contribution is 2.35. The highest BCUT2D eigenvalue weighted by atomic mass is 32.2. The third-order valence-electron chi connectivity index (χ3n) is 4.41. The number of carbonyl (C=O) groups is 1. The number of hydrogen-bond acceptors (Lipinski definition) is 7. The van der Waals surface area contributed by atoms with Gasteiger partial charge in [0.1, 0.15) is 24.2 Å². The Hall–Kier alpha value is -3.49. The molecule has 3 aromatic rings. The monoisotopic (exact) mass is 474 g/mol. The highest BCUT2D eigenvalue weighted by Gasteiger charge is 2.35. The number of sulfonamides is 1. The molecule has 2 aromatic heterocycles. The SMILES string of the molecule is CCCCC(=O)CS(=O)(=O)Nn1c(=O)[nH]c2cc(C(F)(F)F)c(-n3cnnc3)cc2c1=O. The number of hydrogen-bond donors (Lipinski definition) is 2.